The molecular weight excluding hydrogens is 240 g/mol. The molecule has 1 fully saturated rings. The smallest absolute Gasteiger partial charge is 0.313 e. The fourth-order valence-corrected chi connectivity index (χ4v) is 2.64. The van der Waals surface area contributed by atoms with Crippen LogP contribution in [0.2, 0.25) is 0 Å². The third kappa shape index (κ3) is 4.55. The number of piperazine rings is 1. The zero-order valence-corrected chi connectivity index (χ0v) is 11.2. The summed E-state index contributed by atoms with van der Waals surface area (Å²) in [7, 11) is 0. The van der Waals surface area contributed by atoms with Crippen molar-refractivity contribution >= 4 is 23.6 Å². The number of rotatable bonds is 5. The summed E-state index contributed by atoms with van der Waals surface area (Å²) in [6.07, 6.45) is 0. The quantitative estimate of drug-likeness (QED) is 0.773. The van der Waals surface area contributed by atoms with Crippen LogP contribution in [0.3, 0.4) is 0 Å². The van der Waals surface area contributed by atoms with Gasteiger partial charge < -0.3 is 10.0 Å². The Hall–Kier alpha value is -0.750. The molecule has 1 amide bonds. The summed E-state index contributed by atoms with van der Waals surface area (Å²) in [5, 5.41) is 8.49. The van der Waals surface area contributed by atoms with Gasteiger partial charge in [-0.05, 0) is 13.5 Å². The summed E-state index contributed by atoms with van der Waals surface area (Å²) in [6, 6.07) is 0.391. The van der Waals surface area contributed by atoms with Crippen molar-refractivity contribution in [3.63, 3.8) is 0 Å². The van der Waals surface area contributed by atoms with Crippen LogP contribution in [-0.4, -0.2) is 70.5 Å². The molecule has 0 spiro atoms. The Balaban J connectivity index is 2.31. The van der Waals surface area contributed by atoms with E-state index in [1.807, 2.05) is 4.90 Å². The van der Waals surface area contributed by atoms with E-state index >= 15 is 0 Å². The van der Waals surface area contributed by atoms with Gasteiger partial charge in [0.25, 0.3) is 0 Å². The van der Waals surface area contributed by atoms with Crippen LogP contribution in [0.15, 0.2) is 0 Å². The fourth-order valence-electron chi connectivity index (χ4n) is 2.01. The predicted octanol–water partition coefficient (Wildman–Crippen LogP) is 0.357. The Kier molecular flexibility index (Phi) is 5.77. The summed E-state index contributed by atoms with van der Waals surface area (Å²) in [6.45, 7) is 7.67. The summed E-state index contributed by atoms with van der Waals surface area (Å²) < 4.78 is 0. The molecule has 1 N–H and O–H groups in total. The highest BCUT2D eigenvalue weighted by Crippen LogP contribution is 2.11. The maximum absolute atomic E-state index is 11.8. The maximum Gasteiger partial charge on any atom is 0.313 e. The lowest BCUT2D eigenvalue weighted by molar-refractivity contribution is -0.133. The second-order valence-corrected chi connectivity index (χ2v) is 5.19. The van der Waals surface area contributed by atoms with Crippen molar-refractivity contribution in [3.05, 3.63) is 0 Å². The molecule has 17 heavy (non-hydrogen) atoms. The molecule has 1 heterocycles. The zero-order valence-electron chi connectivity index (χ0n) is 10.4. The average Bonchev–Trinajstić information content (AvgIpc) is 2.28. The lowest BCUT2D eigenvalue weighted by Gasteiger charge is -2.39. The Morgan fingerprint density at radius 3 is 2.59 bits per heavy atom. The molecule has 0 radical (unpaired) electrons. The maximum atomic E-state index is 11.8. The lowest BCUT2D eigenvalue weighted by atomic mass is 10.2. The molecule has 1 atom stereocenters. The molecule has 1 aliphatic heterocycles. The van der Waals surface area contributed by atoms with Gasteiger partial charge in [-0.2, -0.15) is 0 Å². The highest BCUT2D eigenvalue weighted by molar-refractivity contribution is 8.00. The molecule has 0 bridgehead atoms. The van der Waals surface area contributed by atoms with Crippen molar-refractivity contribution in [2.45, 2.75) is 19.9 Å². The average molecular weight is 260 g/mol. The van der Waals surface area contributed by atoms with Gasteiger partial charge in [0.05, 0.1) is 11.5 Å². The van der Waals surface area contributed by atoms with E-state index in [-0.39, 0.29) is 17.4 Å². The molecule has 98 valence electrons. The van der Waals surface area contributed by atoms with Crippen molar-refractivity contribution in [2.75, 3.05) is 37.7 Å². The number of thioether (sulfide) groups is 1. The Labute approximate surface area is 106 Å². The van der Waals surface area contributed by atoms with Gasteiger partial charge in [0.2, 0.25) is 5.91 Å². The Morgan fingerprint density at radius 2 is 2.06 bits per heavy atom. The molecule has 1 aliphatic rings. The molecule has 0 aliphatic carbocycles. The first-order valence-corrected chi connectivity index (χ1v) is 7.01. The Bertz CT molecular complexity index is 286. The van der Waals surface area contributed by atoms with E-state index in [0.717, 1.165) is 26.2 Å². The van der Waals surface area contributed by atoms with Gasteiger partial charge in [0, 0.05) is 25.7 Å². The fraction of sp³-hybridized carbons (Fsp3) is 0.818. The van der Waals surface area contributed by atoms with Crippen LogP contribution in [0.4, 0.5) is 0 Å². The van der Waals surface area contributed by atoms with Gasteiger partial charge in [-0.15, -0.1) is 11.8 Å². The van der Waals surface area contributed by atoms with Crippen LogP contribution < -0.4 is 0 Å². The van der Waals surface area contributed by atoms with Crippen molar-refractivity contribution in [1.82, 2.24) is 9.80 Å². The zero-order chi connectivity index (χ0) is 12.8. The number of hydrogen-bond acceptors (Lipinski definition) is 4. The van der Waals surface area contributed by atoms with Crippen molar-refractivity contribution in [2.24, 2.45) is 0 Å². The number of aliphatic carboxylic acids is 1. The number of amides is 1. The van der Waals surface area contributed by atoms with E-state index < -0.39 is 5.97 Å². The van der Waals surface area contributed by atoms with Gasteiger partial charge >= 0.3 is 5.97 Å². The molecule has 0 aromatic carbocycles. The van der Waals surface area contributed by atoms with Gasteiger partial charge in [0.15, 0.2) is 0 Å². The van der Waals surface area contributed by atoms with Crippen LogP contribution in [0.5, 0.6) is 0 Å². The number of carbonyl (C=O) groups excluding carboxylic acids is 1. The normalized spacial score (nSPS) is 21.5. The first-order chi connectivity index (χ1) is 8.04. The van der Waals surface area contributed by atoms with Crippen molar-refractivity contribution in [1.29, 1.82) is 0 Å². The molecule has 1 unspecified atom stereocenters. The van der Waals surface area contributed by atoms with Crippen LogP contribution in [0, 0.1) is 0 Å². The molecule has 0 aromatic rings. The van der Waals surface area contributed by atoms with E-state index in [1.54, 1.807) is 0 Å². The molecule has 1 rings (SSSR count). The monoisotopic (exact) mass is 260 g/mol. The number of hydrogen-bond donors (Lipinski definition) is 1. The lowest BCUT2D eigenvalue weighted by Crippen LogP contribution is -2.53. The predicted molar refractivity (Wildman–Crippen MR) is 68.2 cm³/mol. The first-order valence-electron chi connectivity index (χ1n) is 5.86. The standard InChI is InChI=1S/C11H20N2O3S/c1-3-12-4-5-13(6-9(12)2)10(14)7-17-8-11(15)16/h9H,3-8H2,1-2H3,(H,15,16). The summed E-state index contributed by atoms with van der Waals surface area (Å²) >= 11 is 1.17. The van der Waals surface area contributed by atoms with E-state index in [2.05, 4.69) is 18.7 Å². The van der Waals surface area contributed by atoms with Crippen LogP contribution in [0.25, 0.3) is 0 Å². The minimum absolute atomic E-state index is 0.00375. The van der Waals surface area contributed by atoms with E-state index in [0.29, 0.717) is 6.04 Å². The third-order valence-electron chi connectivity index (χ3n) is 2.98. The number of carboxylic acids is 1. The largest absolute Gasteiger partial charge is 0.481 e. The van der Waals surface area contributed by atoms with Crippen LogP contribution >= 0.6 is 11.8 Å². The summed E-state index contributed by atoms with van der Waals surface area (Å²) in [5.74, 6) is -0.549. The second kappa shape index (κ2) is 6.86. The summed E-state index contributed by atoms with van der Waals surface area (Å²) in [4.78, 5) is 26.3. The van der Waals surface area contributed by atoms with Crippen LogP contribution in [-0.2, 0) is 9.59 Å². The highest BCUT2D eigenvalue weighted by Gasteiger charge is 2.25. The van der Waals surface area contributed by atoms with Crippen LogP contribution in [0.1, 0.15) is 13.8 Å². The van der Waals surface area contributed by atoms with Gasteiger partial charge in [-0.3, -0.25) is 14.5 Å². The highest BCUT2D eigenvalue weighted by atomic mass is 32.2. The molecular formula is C11H20N2O3S. The number of nitrogens with zero attached hydrogens (tertiary/aromatic N) is 2. The SMILES string of the molecule is CCN1CCN(C(=O)CSCC(=O)O)CC1C. The molecule has 6 heteroatoms. The van der Waals surface area contributed by atoms with E-state index in [9.17, 15) is 9.59 Å². The number of carbonyl (C=O) groups is 2. The molecule has 0 saturated carbocycles. The topological polar surface area (TPSA) is 60.9 Å². The molecule has 5 nitrogen and oxygen atoms in total. The minimum atomic E-state index is -0.869. The van der Waals surface area contributed by atoms with Crippen molar-refractivity contribution < 1.29 is 14.7 Å². The Morgan fingerprint density at radius 1 is 1.35 bits per heavy atom. The second-order valence-electron chi connectivity index (χ2n) is 4.20. The van der Waals surface area contributed by atoms with Gasteiger partial charge in [0.1, 0.15) is 0 Å². The molecule has 0 aromatic heterocycles. The van der Waals surface area contributed by atoms with E-state index in [1.165, 1.54) is 11.8 Å². The minimum Gasteiger partial charge on any atom is -0.481 e. The van der Waals surface area contributed by atoms with Crippen molar-refractivity contribution in [3.8, 4) is 0 Å². The number of carboxylic acid groups (broad SMARTS) is 1. The number of likely N-dealkylation sites (N-methyl/N-ethyl adjacent to an activating group) is 1. The first kappa shape index (κ1) is 14.3. The van der Waals surface area contributed by atoms with Gasteiger partial charge in [-0.1, -0.05) is 6.92 Å². The molecule has 1 saturated heterocycles. The summed E-state index contributed by atoms with van der Waals surface area (Å²) in [5.41, 5.74) is 0. The van der Waals surface area contributed by atoms with Gasteiger partial charge in [-0.25, -0.2) is 0 Å². The third-order valence-corrected chi connectivity index (χ3v) is 3.88. The van der Waals surface area contributed by atoms with E-state index in [4.69, 9.17) is 5.11 Å².